The van der Waals surface area contributed by atoms with Crippen LogP contribution in [-0.4, -0.2) is 61.0 Å². The number of ether oxygens (including phenoxy) is 1. The van der Waals surface area contributed by atoms with Crippen molar-refractivity contribution < 1.29 is 32.6 Å². The number of hydrogen-bond acceptors (Lipinski definition) is 3. The van der Waals surface area contributed by atoms with Gasteiger partial charge in [-0.2, -0.15) is 13.2 Å². The topological polar surface area (TPSA) is 78.9 Å². The number of alkyl halides is 3. The van der Waals surface area contributed by atoms with Gasteiger partial charge in [0, 0.05) is 20.0 Å². The summed E-state index contributed by atoms with van der Waals surface area (Å²) in [5, 5.41) is 11.5. The zero-order chi connectivity index (χ0) is 16.0. The number of carbonyl (C=O) groups is 2. The SMILES string of the molecule is CN(C(=O)NCCCCC(F)(F)F)C1COCC1C(=O)O. The number of carboxylic acid groups (broad SMARTS) is 1. The van der Waals surface area contributed by atoms with Crippen molar-refractivity contribution >= 4 is 12.0 Å². The Kier molecular flexibility index (Phi) is 6.25. The van der Waals surface area contributed by atoms with Crippen LogP contribution in [0.25, 0.3) is 0 Å². The van der Waals surface area contributed by atoms with Gasteiger partial charge in [-0.3, -0.25) is 4.79 Å². The van der Waals surface area contributed by atoms with Gasteiger partial charge in [-0.05, 0) is 12.8 Å². The molecule has 0 saturated carbocycles. The number of hydrogen-bond donors (Lipinski definition) is 2. The van der Waals surface area contributed by atoms with Gasteiger partial charge in [0.25, 0.3) is 0 Å². The third-order valence-electron chi connectivity index (χ3n) is 3.35. The summed E-state index contributed by atoms with van der Waals surface area (Å²) in [6, 6.07) is -1.08. The van der Waals surface area contributed by atoms with Gasteiger partial charge in [0.15, 0.2) is 0 Å². The smallest absolute Gasteiger partial charge is 0.389 e. The molecule has 1 fully saturated rings. The first-order chi connectivity index (χ1) is 9.72. The second kappa shape index (κ2) is 7.48. The van der Waals surface area contributed by atoms with Crippen molar-refractivity contribution in [3.8, 4) is 0 Å². The third-order valence-corrected chi connectivity index (χ3v) is 3.35. The Morgan fingerprint density at radius 3 is 2.57 bits per heavy atom. The first-order valence-electron chi connectivity index (χ1n) is 6.60. The van der Waals surface area contributed by atoms with Crippen molar-refractivity contribution in [3.63, 3.8) is 0 Å². The molecule has 0 aliphatic carbocycles. The van der Waals surface area contributed by atoms with Crippen LogP contribution in [-0.2, 0) is 9.53 Å². The van der Waals surface area contributed by atoms with E-state index in [-0.39, 0.29) is 32.6 Å². The molecular formula is C12H19F3N2O4. The Morgan fingerprint density at radius 1 is 1.33 bits per heavy atom. The predicted molar refractivity (Wildman–Crippen MR) is 66.8 cm³/mol. The van der Waals surface area contributed by atoms with E-state index in [0.717, 1.165) is 0 Å². The monoisotopic (exact) mass is 312 g/mol. The Hall–Kier alpha value is -1.51. The van der Waals surface area contributed by atoms with E-state index in [2.05, 4.69) is 5.32 Å². The highest BCUT2D eigenvalue weighted by atomic mass is 19.4. The molecule has 1 rings (SSSR count). The zero-order valence-corrected chi connectivity index (χ0v) is 11.7. The Morgan fingerprint density at radius 2 is 2.00 bits per heavy atom. The minimum atomic E-state index is -4.18. The average Bonchev–Trinajstić information content (AvgIpc) is 2.85. The van der Waals surface area contributed by atoms with Gasteiger partial charge >= 0.3 is 18.2 Å². The van der Waals surface area contributed by atoms with Crippen molar-refractivity contribution in [2.24, 2.45) is 5.92 Å². The summed E-state index contributed by atoms with van der Waals surface area (Å²) in [7, 11) is 1.44. The van der Waals surface area contributed by atoms with Crippen LogP contribution in [0.1, 0.15) is 19.3 Å². The van der Waals surface area contributed by atoms with Gasteiger partial charge in [-0.1, -0.05) is 0 Å². The minimum absolute atomic E-state index is 0.0448. The van der Waals surface area contributed by atoms with Gasteiger partial charge in [0.2, 0.25) is 0 Å². The molecule has 2 N–H and O–H groups in total. The van der Waals surface area contributed by atoms with E-state index in [1.807, 2.05) is 0 Å². The maximum atomic E-state index is 11.9. The van der Waals surface area contributed by atoms with Crippen molar-refractivity contribution in [2.75, 3.05) is 26.8 Å². The molecule has 1 aliphatic rings. The van der Waals surface area contributed by atoms with Crippen molar-refractivity contribution in [3.05, 3.63) is 0 Å². The maximum Gasteiger partial charge on any atom is 0.389 e. The first kappa shape index (κ1) is 17.5. The predicted octanol–water partition coefficient (Wildman–Crippen LogP) is 1.46. The van der Waals surface area contributed by atoms with E-state index in [1.165, 1.54) is 11.9 Å². The summed E-state index contributed by atoms with van der Waals surface area (Å²) in [4.78, 5) is 24.0. The van der Waals surface area contributed by atoms with Gasteiger partial charge in [-0.15, -0.1) is 0 Å². The number of aliphatic carboxylic acids is 1. The van der Waals surface area contributed by atoms with Crippen LogP contribution < -0.4 is 5.32 Å². The fourth-order valence-electron chi connectivity index (χ4n) is 2.08. The zero-order valence-electron chi connectivity index (χ0n) is 11.7. The molecule has 122 valence electrons. The molecule has 0 bridgehead atoms. The summed E-state index contributed by atoms with van der Waals surface area (Å²) in [6.45, 7) is 0.294. The molecule has 0 aromatic heterocycles. The lowest BCUT2D eigenvalue weighted by molar-refractivity contribution is -0.142. The summed E-state index contributed by atoms with van der Waals surface area (Å²) in [5.41, 5.74) is 0. The Balaban J connectivity index is 2.30. The molecule has 1 aliphatic heterocycles. The molecular weight excluding hydrogens is 293 g/mol. The van der Waals surface area contributed by atoms with Crippen LogP contribution in [0.2, 0.25) is 0 Å². The highest BCUT2D eigenvalue weighted by molar-refractivity contribution is 5.77. The number of carboxylic acids is 1. The van der Waals surface area contributed by atoms with Crippen LogP contribution in [0.3, 0.4) is 0 Å². The number of likely N-dealkylation sites (N-methyl/N-ethyl adjacent to an activating group) is 1. The fraction of sp³-hybridized carbons (Fsp3) is 0.833. The molecule has 2 atom stereocenters. The molecule has 1 saturated heterocycles. The molecule has 0 radical (unpaired) electrons. The Labute approximate surface area is 120 Å². The molecule has 1 heterocycles. The highest BCUT2D eigenvalue weighted by Crippen LogP contribution is 2.22. The second-order valence-electron chi connectivity index (χ2n) is 4.96. The normalized spacial score (nSPS) is 22.1. The highest BCUT2D eigenvalue weighted by Gasteiger charge is 2.38. The van der Waals surface area contributed by atoms with Crippen molar-refractivity contribution in [1.29, 1.82) is 0 Å². The van der Waals surface area contributed by atoms with E-state index in [4.69, 9.17) is 9.84 Å². The van der Waals surface area contributed by atoms with Crippen LogP contribution in [0.4, 0.5) is 18.0 Å². The average molecular weight is 312 g/mol. The first-order valence-corrected chi connectivity index (χ1v) is 6.60. The summed E-state index contributed by atoms with van der Waals surface area (Å²) >= 11 is 0. The molecule has 0 aromatic carbocycles. The van der Waals surface area contributed by atoms with Gasteiger partial charge in [0.05, 0.1) is 19.3 Å². The van der Waals surface area contributed by atoms with Gasteiger partial charge < -0.3 is 20.1 Å². The lowest BCUT2D eigenvalue weighted by Gasteiger charge is -2.26. The number of halogens is 3. The van der Waals surface area contributed by atoms with E-state index >= 15 is 0 Å². The Bertz CT molecular complexity index is 376. The molecule has 2 unspecified atom stereocenters. The number of urea groups is 1. The summed E-state index contributed by atoms with van der Waals surface area (Å²) in [6.07, 6.45) is -4.91. The maximum absolute atomic E-state index is 11.9. The lowest BCUT2D eigenvalue weighted by atomic mass is 10.0. The fourth-order valence-corrected chi connectivity index (χ4v) is 2.08. The van der Waals surface area contributed by atoms with Crippen molar-refractivity contribution in [1.82, 2.24) is 10.2 Å². The number of amides is 2. The van der Waals surface area contributed by atoms with Crippen LogP contribution in [0, 0.1) is 5.92 Å². The number of nitrogens with zero attached hydrogens (tertiary/aromatic N) is 1. The lowest BCUT2D eigenvalue weighted by Crippen LogP contribution is -2.48. The largest absolute Gasteiger partial charge is 0.481 e. The number of carbonyl (C=O) groups excluding carboxylic acids is 1. The minimum Gasteiger partial charge on any atom is -0.481 e. The standard InChI is InChI=1S/C12H19F3N2O4/c1-17(9-7-21-6-8(9)10(18)19)11(20)16-5-3-2-4-12(13,14)15/h8-9H,2-7H2,1H3,(H,16,20)(H,18,19). The molecule has 6 nitrogen and oxygen atoms in total. The number of rotatable bonds is 6. The molecule has 21 heavy (non-hydrogen) atoms. The van der Waals surface area contributed by atoms with Crippen LogP contribution in [0.15, 0.2) is 0 Å². The van der Waals surface area contributed by atoms with Crippen LogP contribution in [0.5, 0.6) is 0 Å². The second-order valence-corrected chi connectivity index (χ2v) is 4.96. The molecule has 9 heteroatoms. The third kappa shape index (κ3) is 5.78. The van der Waals surface area contributed by atoms with Crippen LogP contribution >= 0.6 is 0 Å². The quantitative estimate of drug-likeness (QED) is 0.728. The summed E-state index contributed by atoms with van der Waals surface area (Å²) < 4.78 is 40.8. The van der Waals surface area contributed by atoms with E-state index in [9.17, 15) is 22.8 Å². The van der Waals surface area contributed by atoms with Crippen molar-refractivity contribution in [2.45, 2.75) is 31.5 Å². The molecule has 0 spiro atoms. The van der Waals surface area contributed by atoms with E-state index < -0.39 is 36.6 Å². The number of unbranched alkanes of at least 4 members (excludes halogenated alkanes) is 1. The summed E-state index contributed by atoms with van der Waals surface area (Å²) in [5.74, 6) is -1.83. The number of nitrogens with one attached hydrogen (secondary N) is 1. The molecule has 2 amide bonds. The van der Waals surface area contributed by atoms with Gasteiger partial charge in [0.1, 0.15) is 5.92 Å². The van der Waals surface area contributed by atoms with E-state index in [1.54, 1.807) is 0 Å². The molecule has 0 aromatic rings. The van der Waals surface area contributed by atoms with Gasteiger partial charge in [-0.25, -0.2) is 4.79 Å². The van der Waals surface area contributed by atoms with E-state index in [0.29, 0.717) is 0 Å².